The van der Waals surface area contributed by atoms with Gasteiger partial charge in [-0.1, -0.05) is 24.3 Å². The van der Waals surface area contributed by atoms with Crippen LogP contribution in [-0.2, 0) is 19.1 Å². The minimum Gasteiger partial charge on any atom is -0.507 e. The van der Waals surface area contributed by atoms with Crippen molar-refractivity contribution in [2.24, 2.45) is 10.9 Å². The summed E-state index contributed by atoms with van der Waals surface area (Å²) in [5, 5.41) is 23.8. The minimum atomic E-state index is -1.01. The van der Waals surface area contributed by atoms with Crippen molar-refractivity contribution in [3.8, 4) is 5.75 Å². The van der Waals surface area contributed by atoms with E-state index in [0.29, 0.717) is 17.0 Å². The normalized spacial score (nSPS) is 17.0. The topological polar surface area (TPSA) is 157 Å². The van der Waals surface area contributed by atoms with Crippen molar-refractivity contribution in [1.29, 1.82) is 0 Å². The third-order valence-corrected chi connectivity index (χ3v) is 5.86. The number of allylic oxidation sites excluding steroid dienone is 1. The number of carbonyl (C=O) groups excluding carboxylic acids is 3. The van der Waals surface area contributed by atoms with Gasteiger partial charge in [-0.15, -0.1) is 0 Å². The van der Waals surface area contributed by atoms with Crippen LogP contribution in [0.4, 0.5) is 5.69 Å². The Morgan fingerprint density at radius 1 is 1.13 bits per heavy atom. The molecule has 0 spiro atoms. The smallest absolute Gasteiger partial charge is 0.336 e. The van der Waals surface area contributed by atoms with Crippen LogP contribution in [0.1, 0.15) is 49.5 Å². The van der Waals surface area contributed by atoms with Crippen LogP contribution >= 0.6 is 0 Å². The lowest BCUT2D eigenvalue weighted by molar-refractivity contribution is -0.384. The average molecular weight is 524 g/mol. The first-order valence-electron chi connectivity index (χ1n) is 11.9. The number of phenols is 1. The number of aromatic hydroxyl groups is 1. The van der Waals surface area contributed by atoms with E-state index in [-0.39, 0.29) is 35.7 Å². The summed E-state index contributed by atoms with van der Waals surface area (Å²) in [5.74, 6) is -4.08. The summed E-state index contributed by atoms with van der Waals surface area (Å²) in [6.45, 7) is 6.35. The number of amides is 1. The fraction of sp³-hybridized carbons (Fsp3) is 0.333. The molecule has 2 N–H and O–H groups in total. The van der Waals surface area contributed by atoms with Gasteiger partial charge in [-0.05, 0) is 45.4 Å². The number of phenolic OH excluding ortho intramolecular Hbond substituents is 1. The SMILES string of the molecule is CC1=NC(C)=C(C(=O)OCCNC(=O)c2ccccc2O)C(c2cccc([N+](=O)[O-])c2)C1C(=O)OC(C)C. The summed E-state index contributed by atoms with van der Waals surface area (Å²) in [7, 11) is 0. The highest BCUT2D eigenvalue weighted by molar-refractivity contribution is 6.07. The molecule has 0 bridgehead atoms. The lowest BCUT2D eigenvalue weighted by Crippen LogP contribution is -2.37. The van der Waals surface area contributed by atoms with Gasteiger partial charge in [0.2, 0.25) is 0 Å². The number of aliphatic imine (C=N–C) groups is 1. The number of carbonyl (C=O) groups is 3. The first-order valence-corrected chi connectivity index (χ1v) is 11.9. The molecule has 200 valence electrons. The van der Waals surface area contributed by atoms with Crippen molar-refractivity contribution in [1.82, 2.24) is 5.32 Å². The maximum atomic E-state index is 13.3. The van der Waals surface area contributed by atoms with Crippen molar-refractivity contribution < 1.29 is 33.9 Å². The Morgan fingerprint density at radius 3 is 2.50 bits per heavy atom. The summed E-state index contributed by atoms with van der Waals surface area (Å²) in [6.07, 6.45) is -0.434. The molecule has 2 unspecified atom stereocenters. The fourth-order valence-electron chi connectivity index (χ4n) is 4.25. The molecule has 0 fully saturated rings. The predicted molar refractivity (Wildman–Crippen MR) is 138 cm³/mol. The van der Waals surface area contributed by atoms with E-state index >= 15 is 0 Å². The number of nitro groups is 1. The maximum Gasteiger partial charge on any atom is 0.336 e. The lowest BCUT2D eigenvalue weighted by atomic mass is 9.75. The number of nitrogens with zero attached hydrogens (tertiary/aromatic N) is 2. The molecular weight excluding hydrogens is 494 g/mol. The van der Waals surface area contributed by atoms with Crippen molar-refractivity contribution in [2.75, 3.05) is 13.2 Å². The molecule has 0 saturated carbocycles. The molecule has 0 saturated heterocycles. The van der Waals surface area contributed by atoms with Gasteiger partial charge in [0.15, 0.2) is 0 Å². The highest BCUT2D eigenvalue weighted by atomic mass is 16.6. The molecule has 0 aromatic heterocycles. The van der Waals surface area contributed by atoms with Gasteiger partial charge < -0.3 is 19.9 Å². The van der Waals surface area contributed by atoms with Crippen LogP contribution in [0.5, 0.6) is 5.75 Å². The van der Waals surface area contributed by atoms with Crippen LogP contribution in [0.3, 0.4) is 0 Å². The third-order valence-electron chi connectivity index (χ3n) is 5.86. The number of ether oxygens (including phenoxy) is 2. The molecule has 11 nitrogen and oxygen atoms in total. The van der Waals surface area contributed by atoms with Crippen LogP contribution in [0.15, 0.2) is 64.8 Å². The Kier molecular flexibility index (Phi) is 8.95. The molecule has 1 amide bonds. The molecule has 2 aromatic carbocycles. The fourth-order valence-corrected chi connectivity index (χ4v) is 4.25. The quantitative estimate of drug-likeness (QED) is 0.218. The van der Waals surface area contributed by atoms with Gasteiger partial charge in [0.05, 0.1) is 28.7 Å². The Bertz CT molecular complexity index is 1310. The van der Waals surface area contributed by atoms with Gasteiger partial charge in [0.1, 0.15) is 18.3 Å². The van der Waals surface area contributed by atoms with E-state index in [1.54, 1.807) is 45.9 Å². The highest BCUT2D eigenvalue weighted by Gasteiger charge is 2.43. The van der Waals surface area contributed by atoms with Gasteiger partial charge in [0, 0.05) is 29.5 Å². The van der Waals surface area contributed by atoms with E-state index < -0.39 is 40.7 Å². The second kappa shape index (κ2) is 12.1. The molecule has 11 heteroatoms. The number of hydrogen-bond donors (Lipinski definition) is 2. The zero-order valence-electron chi connectivity index (χ0n) is 21.5. The zero-order chi connectivity index (χ0) is 28.0. The molecule has 2 atom stereocenters. The molecule has 1 heterocycles. The summed E-state index contributed by atoms with van der Waals surface area (Å²) >= 11 is 0. The Morgan fingerprint density at radius 2 is 1.84 bits per heavy atom. The summed E-state index contributed by atoms with van der Waals surface area (Å²) in [5.41, 5.74) is 1.00. The lowest BCUT2D eigenvalue weighted by Gasteiger charge is -2.32. The number of hydrogen-bond acceptors (Lipinski definition) is 9. The average Bonchev–Trinajstić information content (AvgIpc) is 2.85. The monoisotopic (exact) mass is 523 g/mol. The van der Waals surface area contributed by atoms with Gasteiger partial charge in [0.25, 0.3) is 11.6 Å². The summed E-state index contributed by atoms with van der Waals surface area (Å²) < 4.78 is 10.8. The van der Waals surface area contributed by atoms with E-state index in [9.17, 15) is 29.6 Å². The number of benzene rings is 2. The molecule has 0 aliphatic carbocycles. The van der Waals surface area contributed by atoms with Crippen molar-refractivity contribution in [2.45, 2.75) is 39.7 Å². The highest BCUT2D eigenvalue weighted by Crippen LogP contribution is 2.41. The summed E-state index contributed by atoms with van der Waals surface area (Å²) in [4.78, 5) is 54.0. The van der Waals surface area contributed by atoms with Gasteiger partial charge in [-0.25, -0.2) is 4.79 Å². The van der Waals surface area contributed by atoms with Crippen LogP contribution in [-0.4, -0.2) is 52.8 Å². The van der Waals surface area contributed by atoms with Crippen molar-refractivity contribution in [3.05, 3.63) is 81.0 Å². The Balaban J connectivity index is 1.86. The first kappa shape index (κ1) is 28.0. The first-order chi connectivity index (χ1) is 18.0. The number of rotatable bonds is 9. The van der Waals surface area contributed by atoms with Crippen LogP contribution in [0.2, 0.25) is 0 Å². The molecule has 38 heavy (non-hydrogen) atoms. The molecule has 1 aliphatic rings. The van der Waals surface area contributed by atoms with Gasteiger partial charge >= 0.3 is 11.9 Å². The number of nitrogens with one attached hydrogen (secondary N) is 1. The molecular formula is C27H29N3O8. The second-order valence-electron chi connectivity index (χ2n) is 8.95. The number of nitro benzene ring substituents is 1. The number of esters is 2. The van der Waals surface area contributed by atoms with E-state index in [1.165, 1.54) is 30.3 Å². The Labute approximate surface area is 219 Å². The second-order valence-corrected chi connectivity index (χ2v) is 8.95. The molecule has 1 aliphatic heterocycles. The van der Waals surface area contributed by atoms with E-state index in [0.717, 1.165) is 0 Å². The maximum absolute atomic E-state index is 13.3. The molecule has 2 aromatic rings. The van der Waals surface area contributed by atoms with Crippen LogP contribution < -0.4 is 5.32 Å². The Hall–Kier alpha value is -4.54. The van der Waals surface area contributed by atoms with Crippen molar-refractivity contribution in [3.63, 3.8) is 0 Å². The largest absolute Gasteiger partial charge is 0.507 e. The summed E-state index contributed by atoms with van der Waals surface area (Å²) in [6, 6.07) is 11.7. The van der Waals surface area contributed by atoms with Gasteiger partial charge in [-0.2, -0.15) is 0 Å². The number of para-hydroxylation sites is 1. The zero-order valence-corrected chi connectivity index (χ0v) is 21.5. The van der Waals surface area contributed by atoms with Crippen molar-refractivity contribution >= 4 is 29.2 Å². The molecule has 0 radical (unpaired) electrons. The number of non-ortho nitro benzene ring substituents is 1. The van der Waals surface area contributed by atoms with Crippen LogP contribution in [0, 0.1) is 16.0 Å². The van der Waals surface area contributed by atoms with E-state index in [2.05, 4.69) is 10.3 Å². The van der Waals surface area contributed by atoms with Gasteiger partial charge in [-0.3, -0.25) is 24.7 Å². The van der Waals surface area contributed by atoms with E-state index in [4.69, 9.17) is 9.47 Å². The third kappa shape index (κ3) is 6.41. The van der Waals surface area contributed by atoms with Crippen LogP contribution in [0.25, 0.3) is 0 Å². The predicted octanol–water partition coefficient (Wildman–Crippen LogP) is 3.67. The molecule has 3 rings (SSSR count). The van der Waals surface area contributed by atoms with E-state index in [1.807, 2.05) is 0 Å². The minimum absolute atomic E-state index is 0.0478. The standard InChI is InChI=1S/C27H29N3O8/c1-15(2)38-27(34)23-17(4)29-16(3)22(24(23)18-8-7-9-19(14-18)30(35)36)26(33)37-13-12-28-25(32)20-10-5-6-11-21(20)31/h5-11,14-15,23-24,31H,12-13H2,1-4H3,(H,28,32).